The molecule has 6 nitrogen and oxygen atoms in total. The van der Waals surface area contributed by atoms with Gasteiger partial charge in [-0.3, -0.25) is 4.98 Å². The van der Waals surface area contributed by atoms with E-state index in [0.29, 0.717) is 13.1 Å². The molecule has 3 aromatic rings. The second kappa shape index (κ2) is 6.66. The van der Waals surface area contributed by atoms with E-state index in [1.54, 1.807) is 22.6 Å². The minimum Gasteiger partial charge on any atom is -0.324 e. The second-order valence-electron chi connectivity index (χ2n) is 6.45. The zero-order chi connectivity index (χ0) is 18.1. The number of hydrogen-bond donors (Lipinski definition) is 0. The summed E-state index contributed by atoms with van der Waals surface area (Å²) in [5.41, 5.74) is 2.07. The van der Waals surface area contributed by atoms with Crippen LogP contribution in [0.4, 0.5) is 0 Å². The van der Waals surface area contributed by atoms with E-state index in [2.05, 4.69) is 14.5 Å². The Hall–Kier alpha value is -2.51. The van der Waals surface area contributed by atoms with Crippen LogP contribution >= 0.6 is 0 Å². The van der Waals surface area contributed by atoms with Crippen molar-refractivity contribution in [3.05, 3.63) is 66.7 Å². The van der Waals surface area contributed by atoms with Crippen LogP contribution in [-0.2, 0) is 10.0 Å². The minimum absolute atomic E-state index is 0.0687. The first-order valence-electron chi connectivity index (χ1n) is 8.57. The first-order chi connectivity index (χ1) is 12.6. The first-order valence-corrected chi connectivity index (χ1v) is 10.0. The van der Waals surface area contributed by atoms with Gasteiger partial charge in [-0.15, -0.1) is 0 Å². The highest BCUT2D eigenvalue weighted by atomic mass is 32.2. The van der Waals surface area contributed by atoms with Crippen LogP contribution in [0.2, 0.25) is 0 Å². The van der Waals surface area contributed by atoms with E-state index in [1.165, 1.54) is 6.20 Å². The van der Waals surface area contributed by atoms with Crippen LogP contribution in [0.25, 0.3) is 11.4 Å². The molecule has 0 N–H and O–H groups in total. The molecule has 1 aliphatic rings. The van der Waals surface area contributed by atoms with Gasteiger partial charge in [0.2, 0.25) is 10.0 Å². The first kappa shape index (κ1) is 16.9. The molecule has 1 saturated heterocycles. The van der Waals surface area contributed by atoms with Gasteiger partial charge in [-0.25, -0.2) is 13.4 Å². The van der Waals surface area contributed by atoms with Crippen LogP contribution in [0.15, 0.2) is 66.0 Å². The van der Waals surface area contributed by atoms with Gasteiger partial charge in [0, 0.05) is 42.9 Å². The van der Waals surface area contributed by atoms with E-state index in [9.17, 15) is 8.42 Å². The molecular weight excluding hydrogens is 348 g/mol. The Balaban J connectivity index is 1.64. The normalized spacial score (nSPS) is 18.3. The molecule has 2 aromatic heterocycles. The quantitative estimate of drug-likeness (QED) is 0.710. The van der Waals surface area contributed by atoms with Gasteiger partial charge >= 0.3 is 0 Å². The molecule has 134 valence electrons. The van der Waals surface area contributed by atoms with E-state index >= 15 is 0 Å². The molecule has 0 radical (unpaired) electrons. The molecule has 4 rings (SSSR count). The Bertz CT molecular complexity index is 1000. The fraction of sp³-hybridized carbons (Fsp3) is 0.263. The molecule has 1 atom stereocenters. The summed E-state index contributed by atoms with van der Waals surface area (Å²) in [6.07, 6.45) is 5.59. The fourth-order valence-corrected chi connectivity index (χ4v) is 4.95. The molecule has 1 fully saturated rings. The highest BCUT2D eigenvalue weighted by molar-refractivity contribution is 7.89. The molecule has 0 amide bonds. The van der Waals surface area contributed by atoms with Crippen LogP contribution in [-0.4, -0.2) is 40.3 Å². The largest absolute Gasteiger partial charge is 0.324 e. The summed E-state index contributed by atoms with van der Waals surface area (Å²) in [4.78, 5) is 8.74. The zero-order valence-corrected chi connectivity index (χ0v) is 15.3. The number of pyridine rings is 1. The molecule has 0 aliphatic carbocycles. The van der Waals surface area contributed by atoms with Gasteiger partial charge < -0.3 is 4.57 Å². The molecule has 1 unspecified atom stereocenters. The van der Waals surface area contributed by atoms with Gasteiger partial charge in [0.05, 0.1) is 6.04 Å². The van der Waals surface area contributed by atoms with Crippen molar-refractivity contribution in [2.45, 2.75) is 24.3 Å². The maximum absolute atomic E-state index is 12.9. The number of hydrogen-bond acceptors (Lipinski definition) is 4. The molecule has 0 spiro atoms. The van der Waals surface area contributed by atoms with E-state index in [1.807, 2.05) is 43.5 Å². The lowest BCUT2D eigenvalue weighted by molar-refractivity contribution is 0.450. The minimum atomic E-state index is -3.52. The maximum Gasteiger partial charge on any atom is 0.244 e. The summed E-state index contributed by atoms with van der Waals surface area (Å²) >= 11 is 0. The van der Waals surface area contributed by atoms with Gasteiger partial charge in [-0.2, -0.15) is 4.31 Å². The fourth-order valence-electron chi connectivity index (χ4n) is 3.50. The lowest BCUT2D eigenvalue weighted by Gasteiger charge is -2.19. The SMILES string of the molecule is Cc1cnc(-c2ccccc2)n1C1CCN(S(=O)(=O)c2cccnc2)C1. The Labute approximate surface area is 153 Å². The standard InChI is InChI=1S/C19H20N4O2S/c1-15-12-21-19(16-6-3-2-4-7-16)23(15)17-9-11-22(14-17)26(24,25)18-8-5-10-20-13-18/h2-8,10,12-13,17H,9,11,14H2,1H3. The summed E-state index contributed by atoms with van der Waals surface area (Å²) in [7, 11) is -3.52. The van der Waals surface area contributed by atoms with Crippen molar-refractivity contribution in [1.29, 1.82) is 0 Å². The summed E-state index contributed by atoms with van der Waals surface area (Å²) in [5, 5.41) is 0. The predicted molar refractivity (Wildman–Crippen MR) is 99.0 cm³/mol. The van der Waals surface area contributed by atoms with E-state index in [-0.39, 0.29) is 10.9 Å². The Kier molecular flexibility index (Phi) is 4.34. The third-order valence-corrected chi connectivity index (χ3v) is 6.63. The number of nitrogens with zero attached hydrogens (tertiary/aromatic N) is 4. The van der Waals surface area contributed by atoms with E-state index < -0.39 is 10.0 Å². The second-order valence-corrected chi connectivity index (χ2v) is 8.39. The van der Waals surface area contributed by atoms with E-state index in [0.717, 1.165) is 23.5 Å². The van der Waals surface area contributed by atoms with E-state index in [4.69, 9.17) is 0 Å². The number of sulfonamides is 1. The Morgan fingerprint density at radius 2 is 1.88 bits per heavy atom. The maximum atomic E-state index is 12.9. The lowest BCUT2D eigenvalue weighted by atomic mass is 10.2. The van der Waals surface area contributed by atoms with Crippen molar-refractivity contribution in [2.75, 3.05) is 13.1 Å². The number of rotatable bonds is 4. The molecular formula is C19H20N4O2S. The summed E-state index contributed by atoms with van der Waals surface area (Å²) < 4.78 is 29.4. The topological polar surface area (TPSA) is 68.1 Å². The van der Waals surface area contributed by atoms with Crippen LogP contribution in [0, 0.1) is 6.92 Å². The summed E-state index contributed by atoms with van der Waals surface area (Å²) in [6, 6.07) is 13.3. The molecule has 1 aliphatic heterocycles. The highest BCUT2D eigenvalue weighted by Crippen LogP contribution is 2.32. The van der Waals surface area contributed by atoms with Gasteiger partial charge in [-0.05, 0) is 25.5 Å². The number of imidazole rings is 1. The van der Waals surface area contributed by atoms with Crippen molar-refractivity contribution < 1.29 is 8.42 Å². The lowest BCUT2D eigenvalue weighted by Crippen LogP contribution is -2.29. The van der Waals surface area contributed by atoms with Gasteiger partial charge in [0.1, 0.15) is 10.7 Å². The predicted octanol–water partition coefficient (Wildman–Crippen LogP) is 2.89. The summed E-state index contributed by atoms with van der Waals surface area (Å²) in [6.45, 7) is 2.94. The Morgan fingerprint density at radius 3 is 2.62 bits per heavy atom. The third kappa shape index (κ3) is 2.93. The van der Waals surface area contributed by atoms with Crippen molar-refractivity contribution in [3.8, 4) is 11.4 Å². The third-order valence-electron chi connectivity index (χ3n) is 4.78. The van der Waals surface area contributed by atoms with Crippen molar-refractivity contribution >= 4 is 10.0 Å². The van der Waals surface area contributed by atoms with Crippen LogP contribution < -0.4 is 0 Å². The molecule has 3 heterocycles. The van der Waals surface area contributed by atoms with Crippen LogP contribution in [0.5, 0.6) is 0 Å². The van der Waals surface area contributed by atoms with Crippen molar-refractivity contribution in [2.24, 2.45) is 0 Å². The van der Waals surface area contributed by atoms with Gasteiger partial charge in [-0.1, -0.05) is 30.3 Å². The number of aromatic nitrogens is 3. The smallest absolute Gasteiger partial charge is 0.244 e. The van der Waals surface area contributed by atoms with Gasteiger partial charge in [0.15, 0.2) is 0 Å². The molecule has 0 saturated carbocycles. The summed E-state index contributed by atoms with van der Waals surface area (Å²) in [5.74, 6) is 0.883. The van der Waals surface area contributed by atoms with Gasteiger partial charge in [0.25, 0.3) is 0 Å². The molecule has 26 heavy (non-hydrogen) atoms. The Morgan fingerprint density at radius 1 is 1.08 bits per heavy atom. The van der Waals surface area contributed by atoms with Crippen LogP contribution in [0.3, 0.4) is 0 Å². The zero-order valence-electron chi connectivity index (χ0n) is 14.5. The highest BCUT2D eigenvalue weighted by Gasteiger charge is 2.34. The number of benzene rings is 1. The van der Waals surface area contributed by atoms with Crippen molar-refractivity contribution in [1.82, 2.24) is 18.8 Å². The molecule has 7 heteroatoms. The molecule has 1 aromatic carbocycles. The molecule has 0 bridgehead atoms. The average Bonchev–Trinajstić information content (AvgIpc) is 3.30. The van der Waals surface area contributed by atoms with Crippen LogP contribution in [0.1, 0.15) is 18.2 Å². The van der Waals surface area contributed by atoms with Crippen molar-refractivity contribution in [3.63, 3.8) is 0 Å². The monoisotopic (exact) mass is 368 g/mol. The average molecular weight is 368 g/mol. The number of aryl methyl sites for hydroxylation is 1.